The van der Waals surface area contributed by atoms with E-state index in [1.54, 1.807) is 12.1 Å². The Labute approximate surface area is 101 Å². The highest BCUT2D eigenvalue weighted by Crippen LogP contribution is 2.21. The molecule has 0 spiro atoms. The fourth-order valence-corrected chi connectivity index (χ4v) is 1.75. The molecule has 1 saturated heterocycles. The van der Waals surface area contributed by atoms with Gasteiger partial charge in [0.25, 0.3) is 0 Å². The normalized spacial score (nSPS) is 22.8. The van der Waals surface area contributed by atoms with Crippen LogP contribution in [0.4, 0.5) is 0 Å². The molecule has 0 bridgehead atoms. The van der Waals surface area contributed by atoms with Crippen molar-refractivity contribution >= 4 is 0 Å². The van der Waals surface area contributed by atoms with Crippen LogP contribution < -0.4 is 5.32 Å². The molecule has 0 aromatic carbocycles. The maximum Gasteiger partial charge on any atom is 0.163 e. The summed E-state index contributed by atoms with van der Waals surface area (Å²) in [7, 11) is 0. The van der Waals surface area contributed by atoms with Gasteiger partial charge in [-0.3, -0.25) is 4.98 Å². The van der Waals surface area contributed by atoms with Gasteiger partial charge in [0.2, 0.25) is 0 Å². The van der Waals surface area contributed by atoms with Crippen LogP contribution in [0, 0.1) is 0 Å². The van der Waals surface area contributed by atoms with Gasteiger partial charge in [-0.25, -0.2) is 0 Å². The van der Waals surface area contributed by atoms with Crippen molar-refractivity contribution in [3.8, 4) is 5.75 Å². The molecular weight excluding hydrogens is 220 g/mol. The molecule has 1 aromatic heterocycles. The topological polar surface area (TPSA) is 63.6 Å². The van der Waals surface area contributed by atoms with Crippen LogP contribution in [0.2, 0.25) is 0 Å². The largest absolute Gasteiger partial charge is 0.506 e. The summed E-state index contributed by atoms with van der Waals surface area (Å²) < 4.78 is 11.1. The Morgan fingerprint density at radius 2 is 2.35 bits per heavy atom. The molecule has 2 heterocycles. The summed E-state index contributed by atoms with van der Waals surface area (Å²) in [5, 5.41) is 12.3. The van der Waals surface area contributed by atoms with Crippen LogP contribution >= 0.6 is 0 Å². The van der Waals surface area contributed by atoms with Crippen molar-refractivity contribution in [3.05, 3.63) is 24.0 Å². The molecule has 1 fully saturated rings. The molecule has 0 radical (unpaired) electrons. The number of pyridine rings is 1. The minimum Gasteiger partial charge on any atom is -0.506 e. The molecule has 5 nitrogen and oxygen atoms in total. The first kappa shape index (κ1) is 12.3. The lowest BCUT2D eigenvalue weighted by atomic mass is 10.3. The molecular formula is C12H18N2O3. The van der Waals surface area contributed by atoms with Gasteiger partial charge in [0, 0.05) is 13.1 Å². The van der Waals surface area contributed by atoms with E-state index in [4.69, 9.17) is 14.6 Å². The monoisotopic (exact) mass is 238 g/mol. The van der Waals surface area contributed by atoms with Gasteiger partial charge >= 0.3 is 0 Å². The fraction of sp³-hybridized carbons (Fsp3) is 0.583. The quantitative estimate of drug-likeness (QED) is 0.820. The Kier molecular flexibility index (Phi) is 3.61. The third kappa shape index (κ3) is 3.66. The average molecular weight is 238 g/mol. The lowest BCUT2D eigenvalue weighted by Crippen LogP contribution is -2.30. The summed E-state index contributed by atoms with van der Waals surface area (Å²) in [6.45, 7) is 5.82. The Hall–Kier alpha value is -1.17. The van der Waals surface area contributed by atoms with E-state index in [9.17, 15) is 0 Å². The van der Waals surface area contributed by atoms with Crippen LogP contribution in [0.15, 0.2) is 18.3 Å². The highest BCUT2D eigenvalue weighted by molar-refractivity contribution is 5.17. The van der Waals surface area contributed by atoms with E-state index in [-0.39, 0.29) is 11.9 Å². The van der Waals surface area contributed by atoms with Gasteiger partial charge in [-0.1, -0.05) is 0 Å². The zero-order valence-corrected chi connectivity index (χ0v) is 10.1. The van der Waals surface area contributed by atoms with E-state index in [1.165, 1.54) is 6.20 Å². The van der Waals surface area contributed by atoms with E-state index in [0.717, 1.165) is 12.2 Å². The number of ether oxygens (including phenoxy) is 2. The van der Waals surface area contributed by atoms with Crippen molar-refractivity contribution in [2.24, 2.45) is 0 Å². The predicted molar refractivity (Wildman–Crippen MR) is 62.5 cm³/mol. The van der Waals surface area contributed by atoms with Gasteiger partial charge in [-0.05, 0) is 26.0 Å². The van der Waals surface area contributed by atoms with Crippen LogP contribution in [0.25, 0.3) is 0 Å². The number of rotatable bonds is 4. The molecule has 1 aliphatic rings. The maximum absolute atomic E-state index is 9.09. The summed E-state index contributed by atoms with van der Waals surface area (Å²) in [5.41, 5.74) is 0.890. The zero-order chi connectivity index (χ0) is 12.3. The Balaban J connectivity index is 1.71. The highest BCUT2D eigenvalue weighted by Gasteiger charge is 2.32. The van der Waals surface area contributed by atoms with Crippen LogP contribution in [0.1, 0.15) is 19.5 Å². The number of aromatic hydroxyl groups is 1. The second-order valence-electron chi connectivity index (χ2n) is 4.59. The molecule has 94 valence electrons. The summed E-state index contributed by atoms with van der Waals surface area (Å²) >= 11 is 0. The fourth-order valence-electron chi connectivity index (χ4n) is 1.75. The zero-order valence-electron chi connectivity index (χ0n) is 10.1. The number of hydrogen-bond donors (Lipinski definition) is 2. The first-order valence-electron chi connectivity index (χ1n) is 5.71. The third-order valence-electron chi connectivity index (χ3n) is 2.55. The van der Waals surface area contributed by atoms with Gasteiger partial charge in [0.1, 0.15) is 5.75 Å². The molecule has 2 rings (SSSR count). The number of nitrogens with one attached hydrogen (secondary N) is 1. The lowest BCUT2D eigenvalue weighted by molar-refractivity contribution is -0.137. The van der Waals surface area contributed by atoms with Gasteiger partial charge in [0.15, 0.2) is 5.79 Å². The molecule has 0 aliphatic carbocycles. The molecule has 17 heavy (non-hydrogen) atoms. The van der Waals surface area contributed by atoms with E-state index in [2.05, 4.69) is 10.3 Å². The van der Waals surface area contributed by atoms with Crippen molar-refractivity contribution in [2.45, 2.75) is 32.3 Å². The second kappa shape index (κ2) is 5.00. The molecule has 1 atom stereocenters. The summed E-state index contributed by atoms with van der Waals surface area (Å²) in [5.74, 6) is -0.286. The summed E-state index contributed by atoms with van der Waals surface area (Å²) in [6, 6.07) is 3.42. The molecule has 1 unspecified atom stereocenters. The predicted octanol–water partition coefficient (Wildman–Crippen LogP) is 1.03. The van der Waals surface area contributed by atoms with Crippen molar-refractivity contribution < 1.29 is 14.6 Å². The summed E-state index contributed by atoms with van der Waals surface area (Å²) in [6.07, 6.45) is 1.53. The molecule has 0 saturated carbocycles. The van der Waals surface area contributed by atoms with Crippen LogP contribution in [0.5, 0.6) is 5.75 Å². The van der Waals surface area contributed by atoms with Gasteiger partial charge in [0.05, 0.1) is 24.6 Å². The van der Waals surface area contributed by atoms with Crippen LogP contribution in [-0.2, 0) is 16.0 Å². The van der Waals surface area contributed by atoms with Gasteiger partial charge in [-0.15, -0.1) is 0 Å². The molecule has 0 amide bonds. The lowest BCUT2D eigenvalue weighted by Gasteiger charge is -2.17. The van der Waals surface area contributed by atoms with Crippen molar-refractivity contribution in [2.75, 3.05) is 13.2 Å². The number of aromatic nitrogens is 1. The Bertz CT molecular complexity index is 365. The summed E-state index contributed by atoms with van der Waals surface area (Å²) in [4.78, 5) is 4.09. The number of nitrogens with zero attached hydrogens (tertiary/aromatic N) is 1. The van der Waals surface area contributed by atoms with Crippen LogP contribution in [0.3, 0.4) is 0 Å². The minimum atomic E-state index is -0.469. The Morgan fingerprint density at radius 3 is 2.94 bits per heavy atom. The van der Waals surface area contributed by atoms with E-state index in [0.29, 0.717) is 13.2 Å². The first-order chi connectivity index (χ1) is 8.05. The standard InChI is InChI=1S/C12H18N2O3/c1-12(2)16-8-11(17-12)7-13-5-9-3-4-10(15)6-14-9/h3-4,6,11,13,15H,5,7-8H2,1-2H3. The molecule has 1 aliphatic heterocycles. The Morgan fingerprint density at radius 1 is 1.53 bits per heavy atom. The average Bonchev–Trinajstić information content (AvgIpc) is 2.61. The number of hydrogen-bond acceptors (Lipinski definition) is 5. The van der Waals surface area contributed by atoms with Gasteiger partial charge in [-0.2, -0.15) is 0 Å². The van der Waals surface area contributed by atoms with Crippen molar-refractivity contribution in [3.63, 3.8) is 0 Å². The smallest absolute Gasteiger partial charge is 0.163 e. The molecule has 2 N–H and O–H groups in total. The maximum atomic E-state index is 9.09. The van der Waals surface area contributed by atoms with Gasteiger partial charge < -0.3 is 19.9 Å². The van der Waals surface area contributed by atoms with E-state index in [1.807, 2.05) is 13.8 Å². The van der Waals surface area contributed by atoms with Crippen molar-refractivity contribution in [1.82, 2.24) is 10.3 Å². The highest BCUT2D eigenvalue weighted by atomic mass is 16.7. The second-order valence-corrected chi connectivity index (χ2v) is 4.59. The molecule has 1 aromatic rings. The minimum absolute atomic E-state index is 0.0853. The van der Waals surface area contributed by atoms with E-state index >= 15 is 0 Å². The third-order valence-corrected chi connectivity index (χ3v) is 2.55. The van der Waals surface area contributed by atoms with Crippen LogP contribution in [-0.4, -0.2) is 35.1 Å². The molecule has 5 heteroatoms. The van der Waals surface area contributed by atoms with Crippen molar-refractivity contribution in [1.29, 1.82) is 0 Å². The first-order valence-corrected chi connectivity index (χ1v) is 5.71. The van der Waals surface area contributed by atoms with E-state index < -0.39 is 5.79 Å². The SMILES string of the molecule is CC1(C)OCC(CNCc2ccc(O)cn2)O1.